The summed E-state index contributed by atoms with van der Waals surface area (Å²) in [5.41, 5.74) is -0.209. The Morgan fingerprint density at radius 2 is 1.69 bits per heavy atom. The van der Waals surface area contributed by atoms with E-state index in [0.717, 1.165) is 19.5 Å². The van der Waals surface area contributed by atoms with Crippen LogP contribution >= 0.6 is 0 Å². The number of carbonyl (C=O) groups is 1. The highest BCUT2D eigenvalue weighted by molar-refractivity contribution is 5.87. The van der Waals surface area contributed by atoms with Crippen molar-refractivity contribution in [3.8, 4) is 0 Å². The van der Waals surface area contributed by atoms with E-state index in [2.05, 4.69) is 18.7 Å². The average Bonchev–Trinajstić information content (AvgIpc) is 2.89. The molecule has 0 radical (unpaired) electrons. The third-order valence-electron chi connectivity index (χ3n) is 4.53. The molecule has 1 aliphatic carbocycles. The van der Waals surface area contributed by atoms with Crippen LogP contribution in [0.4, 0.5) is 0 Å². The van der Waals surface area contributed by atoms with E-state index in [1.165, 1.54) is 38.5 Å². The molecule has 0 amide bonds. The van der Waals surface area contributed by atoms with E-state index in [9.17, 15) is 4.79 Å². The molecule has 1 saturated carbocycles. The number of carbonyl (C=O) groups excluding carboxylic acids is 1. The van der Waals surface area contributed by atoms with Gasteiger partial charge >= 0.3 is 0 Å². The molecular formula is C14H25NO. The molecule has 16 heavy (non-hydrogen) atoms. The molecule has 0 aromatic carbocycles. The summed E-state index contributed by atoms with van der Waals surface area (Å²) in [7, 11) is 0. The van der Waals surface area contributed by atoms with Crippen LogP contribution in [0.5, 0.6) is 0 Å². The summed E-state index contributed by atoms with van der Waals surface area (Å²) in [6.07, 6.45) is 8.58. The first kappa shape index (κ1) is 12.1. The zero-order valence-corrected chi connectivity index (χ0v) is 10.8. The number of likely N-dealkylation sites (tertiary alicyclic amines) is 1. The van der Waals surface area contributed by atoms with Crippen LogP contribution in [0.15, 0.2) is 0 Å². The van der Waals surface area contributed by atoms with Crippen molar-refractivity contribution < 1.29 is 4.79 Å². The van der Waals surface area contributed by atoms with E-state index in [0.29, 0.717) is 11.7 Å². The quantitative estimate of drug-likeness (QED) is 0.730. The monoisotopic (exact) mass is 223 g/mol. The van der Waals surface area contributed by atoms with Crippen molar-refractivity contribution in [2.24, 2.45) is 5.92 Å². The molecule has 0 atom stereocenters. The van der Waals surface area contributed by atoms with Gasteiger partial charge in [-0.25, -0.2) is 0 Å². The van der Waals surface area contributed by atoms with Gasteiger partial charge in [-0.15, -0.1) is 0 Å². The number of rotatable bonds is 4. The Kier molecular flexibility index (Phi) is 3.68. The summed E-state index contributed by atoms with van der Waals surface area (Å²) < 4.78 is 0. The van der Waals surface area contributed by atoms with Gasteiger partial charge < -0.3 is 0 Å². The molecule has 2 fully saturated rings. The summed E-state index contributed by atoms with van der Waals surface area (Å²) in [6.45, 7) is 6.47. The number of nitrogens with zero attached hydrogens (tertiary/aromatic N) is 1. The molecule has 0 bridgehead atoms. The minimum atomic E-state index is -0.209. The van der Waals surface area contributed by atoms with Crippen molar-refractivity contribution in [1.82, 2.24) is 4.90 Å². The van der Waals surface area contributed by atoms with Gasteiger partial charge in [0, 0.05) is 6.42 Å². The van der Waals surface area contributed by atoms with E-state index < -0.39 is 0 Å². The summed E-state index contributed by atoms with van der Waals surface area (Å²) in [6, 6.07) is 0. The van der Waals surface area contributed by atoms with Gasteiger partial charge in [0.25, 0.3) is 0 Å². The van der Waals surface area contributed by atoms with Gasteiger partial charge in [-0.05, 0) is 45.7 Å². The maximum atomic E-state index is 12.4. The Bertz CT molecular complexity index is 247. The molecule has 0 N–H and O–H groups in total. The fraction of sp³-hybridized carbons (Fsp3) is 0.929. The lowest BCUT2D eigenvalue weighted by Gasteiger charge is -2.34. The van der Waals surface area contributed by atoms with Gasteiger partial charge in [-0.2, -0.15) is 0 Å². The van der Waals surface area contributed by atoms with Crippen molar-refractivity contribution in [1.29, 1.82) is 0 Å². The van der Waals surface area contributed by atoms with E-state index in [1.807, 2.05) is 0 Å². The molecule has 2 nitrogen and oxygen atoms in total. The number of hydrogen-bond donors (Lipinski definition) is 0. The molecule has 1 heterocycles. The van der Waals surface area contributed by atoms with Crippen LogP contribution in [0.1, 0.15) is 58.8 Å². The zero-order chi connectivity index (χ0) is 11.6. The van der Waals surface area contributed by atoms with Gasteiger partial charge in [-0.1, -0.05) is 25.7 Å². The number of hydrogen-bond acceptors (Lipinski definition) is 2. The van der Waals surface area contributed by atoms with E-state index >= 15 is 0 Å². The van der Waals surface area contributed by atoms with E-state index in [4.69, 9.17) is 0 Å². The molecule has 0 spiro atoms. The fourth-order valence-electron chi connectivity index (χ4n) is 3.18. The Labute approximate surface area is 99.4 Å². The lowest BCUT2D eigenvalue weighted by molar-refractivity contribution is -0.129. The highest BCUT2D eigenvalue weighted by Crippen LogP contribution is 2.31. The van der Waals surface area contributed by atoms with Crippen LogP contribution in [-0.4, -0.2) is 29.3 Å². The molecule has 2 rings (SSSR count). The molecule has 2 heteroatoms. The maximum absolute atomic E-state index is 12.4. The molecule has 0 unspecified atom stereocenters. The minimum Gasteiger partial charge on any atom is -0.298 e. The first-order chi connectivity index (χ1) is 7.60. The Morgan fingerprint density at radius 1 is 1.12 bits per heavy atom. The van der Waals surface area contributed by atoms with Crippen LogP contribution < -0.4 is 0 Å². The smallest absolute Gasteiger partial charge is 0.152 e. The van der Waals surface area contributed by atoms with Gasteiger partial charge in [0.15, 0.2) is 5.78 Å². The summed E-state index contributed by atoms with van der Waals surface area (Å²) in [5.74, 6) is 1.16. The third kappa shape index (κ3) is 2.48. The third-order valence-corrected chi connectivity index (χ3v) is 4.53. The Balaban J connectivity index is 1.90. The van der Waals surface area contributed by atoms with Crippen molar-refractivity contribution >= 4 is 5.78 Å². The predicted molar refractivity (Wildman–Crippen MR) is 66.5 cm³/mol. The lowest BCUT2D eigenvalue weighted by Crippen LogP contribution is -2.49. The normalized spacial score (nSPS) is 24.1. The highest BCUT2D eigenvalue weighted by Gasteiger charge is 2.36. The molecule has 1 aliphatic heterocycles. The second-order valence-corrected chi connectivity index (χ2v) is 6.03. The largest absolute Gasteiger partial charge is 0.298 e. The van der Waals surface area contributed by atoms with Crippen LogP contribution in [-0.2, 0) is 4.79 Å². The van der Waals surface area contributed by atoms with E-state index in [-0.39, 0.29) is 5.54 Å². The first-order valence-corrected chi connectivity index (χ1v) is 6.89. The molecule has 2 aliphatic rings. The Morgan fingerprint density at radius 3 is 2.25 bits per heavy atom. The van der Waals surface area contributed by atoms with Crippen molar-refractivity contribution in [3.05, 3.63) is 0 Å². The SMILES string of the molecule is CC(C)(C(=O)CC1CCCC1)N1CCCC1. The standard InChI is InChI=1S/C14H25NO/c1-14(2,15-9-5-6-10-15)13(16)11-12-7-3-4-8-12/h12H,3-11H2,1-2H3. The number of Topliss-reactive ketones (excluding diaryl/α,β-unsaturated/α-hetero) is 1. The van der Waals surface area contributed by atoms with Gasteiger partial charge in [0.1, 0.15) is 0 Å². The van der Waals surface area contributed by atoms with E-state index in [1.54, 1.807) is 0 Å². The van der Waals surface area contributed by atoms with Gasteiger partial charge in [0.05, 0.1) is 5.54 Å². The molecular weight excluding hydrogens is 198 g/mol. The lowest BCUT2D eigenvalue weighted by atomic mass is 9.89. The first-order valence-electron chi connectivity index (χ1n) is 6.89. The topological polar surface area (TPSA) is 20.3 Å². The fourth-order valence-corrected chi connectivity index (χ4v) is 3.18. The zero-order valence-electron chi connectivity index (χ0n) is 10.8. The van der Waals surface area contributed by atoms with Crippen LogP contribution in [0.3, 0.4) is 0 Å². The van der Waals surface area contributed by atoms with Gasteiger partial charge in [0.2, 0.25) is 0 Å². The van der Waals surface area contributed by atoms with Gasteiger partial charge in [-0.3, -0.25) is 9.69 Å². The highest BCUT2D eigenvalue weighted by atomic mass is 16.1. The van der Waals surface area contributed by atoms with Crippen LogP contribution in [0, 0.1) is 5.92 Å². The van der Waals surface area contributed by atoms with Crippen molar-refractivity contribution in [2.45, 2.75) is 64.3 Å². The summed E-state index contributed by atoms with van der Waals surface area (Å²) in [5, 5.41) is 0. The summed E-state index contributed by atoms with van der Waals surface area (Å²) in [4.78, 5) is 14.7. The van der Waals surface area contributed by atoms with Crippen LogP contribution in [0.2, 0.25) is 0 Å². The van der Waals surface area contributed by atoms with Crippen molar-refractivity contribution in [2.75, 3.05) is 13.1 Å². The average molecular weight is 223 g/mol. The second kappa shape index (κ2) is 4.87. The van der Waals surface area contributed by atoms with Crippen molar-refractivity contribution in [3.63, 3.8) is 0 Å². The predicted octanol–water partition coefficient (Wildman–Crippen LogP) is 3.01. The van der Waals surface area contributed by atoms with Crippen LogP contribution in [0.25, 0.3) is 0 Å². The maximum Gasteiger partial charge on any atom is 0.152 e. The molecule has 1 saturated heterocycles. The molecule has 0 aromatic heterocycles. The Hall–Kier alpha value is -0.370. The minimum absolute atomic E-state index is 0.209. The molecule has 92 valence electrons. The molecule has 0 aromatic rings. The number of ketones is 1. The second-order valence-electron chi connectivity index (χ2n) is 6.03. The summed E-state index contributed by atoms with van der Waals surface area (Å²) >= 11 is 0.